The minimum atomic E-state index is 0.185. The maximum atomic E-state index is 6.02. The summed E-state index contributed by atoms with van der Waals surface area (Å²) < 4.78 is 0. The van der Waals surface area contributed by atoms with Crippen LogP contribution in [-0.2, 0) is 0 Å². The van der Waals surface area contributed by atoms with Gasteiger partial charge in [-0.3, -0.25) is 0 Å². The number of rotatable bonds is 0. The van der Waals surface area contributed by atoms with Gasteiger partial charge in [0.2, 0.25) is 0 Å². The van der Waals surface area contributed by atoms with Gasteiger partial charge in [-0.2, -0.15) is 0 Å². The highest BCUT2D eigenvalue weighted by atomic mass is 35.5. The number of benzene rings is 1. The highest BCUT2D eigenvalue weighted by Gasteiger charge is 2.21. The molecule has 1 nitrogen and oxygen atoms in total. The largest absolute Gasteiger partial charge is 0.324 e. The summed E-state index contributed by atoms with van der Waals surface area (Å²) in [5.41, 5.74) is 8.64. The second kappa shape index (κ2) is 3.32. The summed E-state index contributed by atoms with van der Waals surface area (Å²) in [6, 6.07) is 6.26. The Morgan fingerprint density at radius 3 is 2.85 bits per heavy atom. The fraction of sp³-hybridized carbons (Fsp3) is 0.455. The van der Waals surface area contributed by atoms with Gasteiger partial charge in [-0.1, -0.05) is 24.6 Å². The molecule has 0 saturated carbocycles. The van der Waals surface area contributed by atoms with Crippen LogP contribution in [0.4, 0.5) is 0 Å². The summed E-state index contributed by atoms with van der Waals surface area (Å²) in [5.74, 6) is 0.632. The van der Waals surface area contributed by atoms with E-state index in [1.807, 2.05) is 12.1 Å². The van der Waals surface area contributed by atoms with Crippen molar-refractivity contribution in [3.8, 4) is 0 Å². The van der Waals surface area contributed by atoms with Crippen LogP contribution in [0.3, 0.4) is 0 Å². The van der Waals surface area contributed by atoms with E-state index in [9.17, 15) is 0 Å². The van der Waals surface area contributed by atoms with E-state index in [-0.39, 0.29) is 6.04 Å². The third kappa shape index (κ3) is 1.59. The molecule has 1 aliphatic carbocycles. The minimum absolute atomic E-state index is 0.185. The average Bonchev–Trinajstić information content (AvgIpc) is 2.12. The van der Waals surface area contributed by atoms with Gasteiger partial charge in [0.25, 0.3) is 0 Å². The first kappa shape index (κ1) is 9.04. The molecule has 0 spiro atoms. The molecule has 0 aromatic heterocycles. The second-order valence-electron chi connectivity index (χ2n) is 3.86. The first-order chi connectivity index (χ1) is 6.18. The molecule has 1 aromatic carbocycles. The first-order valence-electron chi connectivity index (χ1n) is 4.73. The van der Waals surface area contributed by atoms with Crippen molar-refractivity contribution in [3.05, 3.63) is 34.3 Å². The van der Waals surface area contributed by atoms with Gasteiger partial charge in [-0.15, -0.1) is 0 Å². The van der Waals surface area contributed by atoms with E-state index in [0.717, 1.165) is 11.4 Å². The lowest BCUT2D eigenvalue weighted by atomic mass is 9.81. The predicted octanol–water partition coefficient (Wildman–Crippen LogP) is 3.24. The summed E-state index contributed by atoms with van der Waals surface area (Å²) in [7, 11) is 0. The summed E-state index contributed by atoms with van der Waals surface area (Å²) in [6.45, 7) is 2.25. The van der Waals surface area contributed by atoms with Crippen molar-refractivity contribution < 1.29 is 0 Å². The standard InChI is InChI=1S/C11H14ClN/c1-7-2-5-11(13)10-6-8(12)3-4-9(7)10/h3-4,6-7,11H,2,5,13H2,1H3. The smallest absolute Gasteiger partial charge is 0.0409 e. The molecule has 0 radical (unpaired) electrons. The van der Waals surface area contributed by atoms with Gasteiger partial charge in [0.1, 0.15) is 0 Å². The Hall–Kier alpha value is -0.530. The quantitative estimate of drug-likeness (QED) is 0.676. The average molecular weight is 196 g/mol. The van der Waals surface area contributed by atoms with E-state index < -0.39 is 0 Å². The Labute approximate surface area is 83.9 Å². The molecule has 0 amide bonds. The van der Waals surface area contributed by atoms with E-state index >= 15 is 0 Å². The number of nitrogens with two attached hydrogens (primary N) is 1. The number of hydrogen-bond acceptors (Lipinski definition) is 1. The third-order valence-electron chi connectivity index (χ3n) is 2.89. The Morgan fingerprint density at radius 2 is 2.08 bits per heavy atom. The van der Waals surface area contributed by atoms with Crippen molar-refractivity contribution in [2.45, 2.75) is 31.7 Å². The van der Waals surface area contributed by atoms with Crippen LogP contribution in [0.2, 0.25) is 5.02 Å². The summed E-state index contributed by atoms with van der Waals surface area (Å²) in [4.78, 5) is 0. The van der Waals surface area contributed by atoms with Gasteiger partial charge >= 0.3 is 0 Å². The Morgan fingerprint density at radius 1 is 1.31 bits per heavy atom. The van der Waals surface area contributed by atoms with Crippen LogP contribution >= 0.6 is 11.6 Å². The van der Waals surface area contributed by atoms with Crippen molar-refractivity contribution in [2.75, 3.05) is 0 Å². The Bertz CT molecular complexity index is 322. The normalized spacial score (nSPS) is 27.0. The molecular weight excluding hydrogens is 182 g/mol. The molecule has 13 heavy (non-hydrogen) atoms. The van der Waals surface area contributed by atoms with E-state index in [0.29, 0.717) is 5.92 Å². The van der Waals surface area contributed by atoms with Crippen LogP contribution < -0.4 is 5.73 Å². The highest BCUT2D eigenvalue weighted by Crippen LogP contribution is 2.36. The SMILES string of the molecule is CC1CCC(N)c2cc(Cl)ccc21. The van der Waals surface area contributed by atoms with Gasteiger partial charge in [-0.25, -0.2) is 0 Å². The van der Waals surface area contributed by atoms with Crippen LogP contribution in [0, 0.1) is 0 Å². The van der Waals surface area contributed by atoms with E-state index in [1.165, 1.54) is 17.5 Å². The summed E-state index contributed by atoms with van der Waals surface area (Å²) in [6.07, 6.45) is 2.27. The van der Waals surface area contributed by atoms with E-state index in [1.54, 1.807) is 0 Å². The maximum Gasteiger partial charge on any atom is 0.0409 e. The Balaban J connectivity index is 2.50. The molecule has 1 aromatic rings. The number of fused-ring (bicyclic) bond motifs is 1. The van der Waals surface area contributed by atoms with E-state index in [4.69, 9.17) is 17.3 Å². The molecule has 1 aliphatic rings. The number of halogens is 1. The van der Waals surface area contributed by atoms with Crippen molar-refractivity contribution in [3.63, 3.8) is 0 Å². The van der Waals surface area contributed by atoms with Crippen LogP contribution in [0.1, 0.15) is 42.9 Å². The first-order valence-corrected chi connectivity index (χ1v) is 5.11. The zero-order valence-electron chi connectivity index (χ0n) is 7.76. The molecule has 0 aliphatic heterocycles. The number of hydrogen-bond donors (Lipinski definition) is 1. The van der Waals surface area contributed by atoms with Gasteiger partial charge in [0.05, 0.1) is 0 Å². The molecule has 0 bridgehead atoms. The fourth-order valence-electron chi connectivity index (χ4n) is 2.06. The molecule has 2 N–H and O–H groups in total. The molecule has 0 fully saturated rings. The fourth-order valence-corrected chi connectivity index (χ4v) is 2.24. The van der Waals surface area contributed by atoms with Crippen molar-refractivity contribution >= 4 is 11.6 Å². The van der Waals surface area contributed by atoms with Crippen molar-refractivity contribution in [2.24, 2.45) is 5.73 Å². The van der Waals surface area contributed by atoms with Crippen molar-refractivity contribution in [1.82, 2.24) is 0 Å². The lowest BCUT2D eigenvalue weighted by Gasteiger charge is -2.27. The summed E-state index contributed by atoms with van der Waals surface area (Å²) >= 11 is 5.93. The maximum absolute atomic E-state index is 6.02. The zero-order chi connectivity index (χ0) is 9.42. The van der Waals surface area contributed by atoms with Crippen LogP contribution in [-0.4, -0.2) is 0 Å². The topological polar surface area (TPSA) is 26.0 Å². The zero-order valence-corrected chi connectivity index (χ0v) is 8.51. The molecule has 2 heteroatoms. The molecule has 0 saturated heterocycles. The monoisotopic (exact) mass is 195 g/mol. The van der Waals surface area contributed by atoms with Crippen LogP contribution in [0.5, 0.6) is 0 Å². The molecule has 2 rings (SSSR count). The van der Waals surface area contributed by atoms with Gasteiger partial charge < -0.3 is 5.73 Å². The molecule has 70 valence electrons. The summed E-state index contributed by atoms with van der Waals surface area (Å²) in [5, 5.41) is 0.795. The molecule has 2 atom stereocenters. The molecule has 0 heterocycles. The molecular formula is C11H14ClN. The third-order valence-corrected chi connectivity index (χ3v) is 3.13. The van der Waals surface area contributed by atoms with Gasteiger partial charge in [0, 0.05) is 11.1 Å². The predicted molar refractivity (Wildman–Crippen MR) is 56.0 cm³/mol. The minimum Gasteiger partial charge on any atom is -0.324 e. The van der Waals surface area contributed by atoms with Gasteiger partial charge in [0.15, 0.2) is 0 Å². The highest BCUT2D eigenvalue weighted by molar-refractivity contribution is 6.30. The van der Waals surface area contributed by atoms with Crippen LogP contribution in [0.15, 0.2) is 18.2 Å². The Kier molecular flexibility index (Phi) is 2.31. The second-order valence-corrected chi connectivity index (χ2v) is 4.29. The van der Waals surface area contributed by atoms with E-state index in [2.05, 4.69) is 13.0 Å². The lowest BCUT2D eigenvalue weighted by Crippen LogP contribution is -2.19. The van der Waals surface area contributed by atoms with Crippen LogP contribution in [0.25, 0.3) is 0 Å². The van der Waals surface area contributed by atoms with Crippen molar-refractivity contribution in [1.29, 1.82) is 0 Å². The van der Waals surface area contributed by atoms with Gasteiger partial charge in [-0.05, 0) is 42.0 Å². The molecule has 2 unspecified atom stereocenters. The lowest BCUT2D eigenvalue weighted by molar-refractivity contribution is 0.513.